The van der Waals surface area contributed by atoms with Gasteiger partial charge in [0, 0.05) is 11.8 Å². The standard InChI is InChI=1S/C16H16N2O3S/c1-11-9-13(18-21-11)10-17-16(19)14-15(22-8-7-20-14)12-5-3-2-4-6-12/h2-6,9H,7-8,10H2,1H3,(H,17,19). The molecule has 1 aliphatic heterocycles. The maximum Gasteiger partial charge on any atom is 0.287 e. The van der Waals surface area contributed by atoms with Gasteiger partial charge in [-0.3, -0.25) is 4.79 Å². The molecule has 5 nitrogen and oxygen atoms in total. The summed E-state index contributed by atoms with van der Waals surface area (Å²) in [7, 11) is 0. The van der Waals surface area contributed by atoms with Crippen LogP contribution in [0.5, 0.6) is 0 Å². The number of nitrogens with zero attached hydrogens (tertiary/aromatic N) is 1. The zero-order chi connectivity index (χ0) is 15.4. The molecule has 0 aliphatic carbocycles. The van der Waals surface area contributed by atoms with Gasteiger partial charge in [0.2, 0.25) is 0 Å². The first kappa shape index (κ1) is 14.7. The van der Waals surface area contributed by atoms with Crippen molar-refractivity contribution >= 4 is 22.6 Å². The molecule has 0 spiro atoms. The summed E-state index contributed by atoms with van der Waals surface area (Å²) in [6.07, 6.45) is 0. The summed E-state index contributed by atoms with van der Waals surface area (Å²) in [5.74, 6) is 1.70. The van der Waals surface area contributed by atoms with Crippen LogP contribution in [-0.2, 0) is 16.1 Å². The molecule has 2 heterocycles. The monoisotopic (exact) mass is 316 g/mol. The van der Waals surface area contributed by atoms with Gasteiger partial charge >= 0.3 is 0 Å². The summed E-state index contributed by atoms with van der Waals surface area (Å²) in [5.41, 5.74) is 1.69. The van der Waals surface area contributed by atoms with Crippen molar-refractivity contribution in [3.8, 4) is 0 Å². The van der Waals surface area contributed by atoms with Gasteiger partial charge in [0.1, 0.15) is 11.5 Å². The smallest absolute Gasteiger partial charge is 0.287 e. The molecule has 1 aromatic carbocycles. The Morgan fingerprint density at radius 1 is 1.36 bits per heavy atom. The SMILES string of the molecule is Cc1cc(CNC(=O)C2=C(c3ccccc3)SCCO2)no1. The highest BCUT2D eigenvalue weighted by atomic mass is 32.2. The van der Waals surface area contributed by atoms with Gasteiger partial charge in [-0.05, 0) is 12.5 Å². The van der Waals surface area contributed by atoms with Crippen LogP contribution >= 0.6 is 11.8 Å². The molecule has 0 saturated heterocycles. The third-order valence-corrected chi connectivity index (χ3v) is 4.21. The fourth-order valence-corrected chi connectivity index (χ4v) is 3.10. The fourth-order valence-electron chi connectivity index (χ4n) is 2.14. The number of carbonyl (C=O) groups excluding carboxylic acids is 1. The van der Waals surface area contributed by atoms with Gasteiger partial charge < -0.3 is 14.6 Å². The molecule has 0 saturated carbocycles. The van der Waals surface area contributed by atoms with E-state index >= 15 is 0 Å². The second kappa shape index (κ2) is 6.70. The lowest BCUT2D eigenvalue weighted by Gasteiger charge is -2.20. The average molecular weight is 316 g/mol. The van der Waals surface area contributed by atoms with Crippen LogP contribution in [0.3, 0.4) is 0 Å². The van der Waals surface area contributed by atoms with Gasteiger partial charge in [-0.2, -0.15) is 0 Å². The topological polar surface area (TPSA) is 64.4 Å². The number of rotatable bonds is 4. The average Bonchev–Trinajstić information content (AvgIpc) is 2.99. The summed E-state index contributed by atoms with van der Waals surface area (Å²) in [6, 6.07) is 11.6. The minimum absolute atomic E-state index is 0.230. The van der Waals surface area contributed by atoms with Crippen LogP contribution in [0.2, 0.25) is 0 Å². The lowest BCUT2D eigenvalue weighted by atomic mass is 10.2. The molecule has 114 valence electrons. The number of benzene rings is 1. The van der Waals surface area contributed by atoms with E-state index in [0.717, 1.165) is 22.0 Å². The van der Waals surface area contributed by atoms with E-state index in [1.807, 2.05) is 37.3 Å². The Labute approximate surface area is 132 Å². The van der Waals surface area contributed by atoms with E-state index < -0.39 is 0 Å². The predicted octanol–water partition coefficient (Wildman–Crippen LogP) is 2.73. The van der Waals surface area contributed by atoms with Gasteiger partial charge in [0.15, 0.2) is 5.76 Å². The third-order valence-electron chi connectivity index (χ3n) is 3.13. The molecule has 1 N–H and O–H groups in total. The highest BCUT2D eigenvalue weighted by Gasteiger charge is 2.22. The lowest BCUT2D eigenvalue weighted by molar-refractivity contribution is -0.120. The quantitative estimate of drug-likeness (QED) is 0.939. The maximum absolute atomic E-state index is 12.4. The Bertz CT molecular complexity index is 694. The van der Waals surface area contributed by atoms with E-state index in [0.29, 0.717) is 24.6 Å². The summed E-state index contributed by atoms with van der Waals surface area (Å²) >= 11 is 1.64. The van der Waals surface area contributed by atoms with Crippen molar-refractivity contribution in [3.63, 3.8) is 0 Å². The molecule has 3 rings (SSSR count). The number of carbonyl (C=O) groups is 1. The number of ether oxygens (including phenoxy) is 1. The van der Waals surface area contributed by atoms with Crippen molar-refractivity contribution in [2.24, 2.45) is 0 Å². The number of hydrogen-bond acceptors (Lipinski definition) is 5. The van der Waals surface area contributed by atoms with Crippen LogP contribution < -0.4 is 5.32 Å². The Morgan fingerprint density at radius 3 is 2.91 bits per heavy atom. The normalized spacial score (nSPS) is 14.6. The number of amides is 1. The van der Waals surface area contributed by atoms with Crippen molar-refractivity contribution in [2.75, 3.05) is 12.4 Å². The molecule has 1 aliphatic rings. The lowest BCUT2D eigenvalue weighted by Crippen LogP contribution is -2.28. The van der Waals surface area contributed by atoms with Crippen LogP contribution in [-0.4, -0.2) is 23.4 Å². The zero-order valence-electron chi connectivity index (χ0n) is 12.2. The highest BCUT2D eigenvalue weighted by molar-refractivity contribution is 8.08. The van der Waals surface area contributed by atoms with Crippen molar-refractivity contribution in [3.05, 3.63) is 59.2 Å². The van der Waals surface area contributed by atoms with Crippen molar-refractivity contribution < 1.29 is 14.1 Å². The summed E-state index contributed by atoms with van der Waals surface area (Å²) in [5, 5.41) is 6.68. The Balaban J connectivity index is 1.77. The Kier molecular flexibility index (Phi) is 4.48. The summed E-state index contributed by atoms with van der Waals surface area (Å²) in [4.78, 5) is 13.3. The van der Waals surface area contributed by atoms with E-state index in [1.54, 1.807) is 17.8 Å². The van der Waals surface area contributed by atoms with E-state index in [1.165, 1.54) is 0 Å². The molecule has 1 amide bonds. The van der Waals surface area contributed by atoms with E-state index in [2.05, 4.69) is 10.5 Å². The Morgan fingerprint density at radius 2 is 2.18 bits per heavy atom. The van der Waals surface area contributed by atoms with E-state index in [9.17, 15) is 4.79 Å². The van der Waals surface area contributed by atoms with Crippen molar-refractivity contribution in [1.82, 2.24) is 10.5 Å². The van der Waals surface area contributed by atoms with Crippen LogP contribution in [0, 0.1) is 6.92 Å². The minimum Gasteiger partial charge on any atom is -0.486 e. The molecular weight excluding hydrogens is 300 g/mol. The van der Waals surface area contributed by atoms with E-state index in [-0.39, 0.29) is 5.91 Å². The van der Waals surface area contributed by atoms with Crippen LogP contribution in [0.25, 0.3) is 4.91 Å². The summed E-state index contributed by atoms with van der Waals surface area (Å²) in [6.45, 7) is 2.66. The molecule has 6 heteroatoms. The second-order valence-corrected chi connectivity index (χ2v) is 5.94. The number of thioether (sulfide) groups is 1. The number of aryl methyl sites for hydroxylation is 1. The molecule has 0 radical (unpaired) electrons. The van der Waals surface area contributed by atoms with Gasteiger partial charge in [-0.15, -0.1) is 11.8 Å². The van der Waals surface area contributed by atoms with Crippen LogP contribution in [0.1, 0.15) is 17.0 Å². The predicted molar refractivity (Wildman–Crippen MR) is 84.9 cm³/mol. The molecule has 0 bridgehead atoms. The van der Waals surface area contributed by atoms with Crippen LogP contribution in [0.15, 0.2) is 46.7 Å². The second-order valence-electron chi connectivity index (χ2n) is 4.83. The first-order chi connectivity index (χ1) is 10.7. The highest BCUT2D eigenvalue weighted by Crippen LogP contribution is 2.34. The number of aromatic nitrogens is 1. The molecule has 2 aromatic rings. The van der Waals surface area contributed by atoms with Crippen molar-refractivity contribution in [1.29, 1.82) is 0 Å². The first-order valence-electron chi connectivity index (χ1n) is 7.00. The van der Waals surface area contributed by atoms with E-state index in [4.69, 9.17) is 9.26 Å². The fraction of sp³-hybridized carbons (Fsp3) is 0.250. The zero-order valence-corrected chi connectivity index (χ0v) is 13.0. The third kappa shape index (κ3) is 3.33. The molecule has 1 aromatic heterocycles. The van der Waals surface area contributed by atoms with Gasteiger partial charge in [-0.1, -0.05) is 35.5 Å². The molecule has 0 unspecified atom stereocenters. The largest absolute Gasteiger partial charge is 0.486 e. The van der Waals surface area contributed by atoms with Crippen molar-refractivity contribution in [2.45, 2.75) is 13.5 Å². The van der Waals surface area contributed by atoms with Gasteiger partial charge in [-0.25, -0.2) is 0 Å². The van der Waals surface area contributed by atoms with Crippen LogP contribution in [0.4, 0.5) is 0 Å². The van der Waals surface area contributed by atoms with Gasteiger partial charge in [0.25, 0.3) is 5.91 Å². The number of nitrogens with one attached hydrogen (secondary N) is 1. The van der Waals surface area contributed by atoms with Gasteiger partial charge in [0.05, 0.1) is 18.1 Å². The molecular formula is C16H16N2O3S. The molecule has 0 atom stereocenters. The number of hydrogen-bond donors (Lipinski definition) is 1. The minimum atomic E-state index is -0.230. The molecule has 0 fully saturated rings. The Hall–Kier alpha value is -2.21. The first-order valence-corrected chi connectivity index (χ1v) is 7.98. The maximum atomic E-state index is 12.4. The molecule has 22 heavy (non-hydrogen) atoms. The summed E-state index contributed by atoms with van der Waals surface area (Å²) < 4.78 is 10.6.